The number of rotatable bonds is 9. The van der Waals surface area contributed by atoms with Crippen LogP contribution in [0.5, 0.6) is 11.5 Å². The van der Waals surface area contributed by atoms with Crippen LogP contribution in [0.15, 0.2) is 71.7 Å². The van der Waals surface area contributed by atoms with Crippen molar-refractivity contribution in [2.75, 3.05) is 7.11 Å². The molecular formula is C24H28N2O3. The fourth-order valence-electron chi connectivity index (χ4n) is 3.07. The fourth-order valence-corrected chi connectivity index (χ4v) is 3.07. The van der Waals surface area contributed by atoms with Crippen LogP contribution in [-0.4, -0.2) is 17.8 Å². The minimum atomic E-state index is 0.0125. The standard InChI is InChI=1S/C24H28N2O3/c1-18(2)29-22-12-11-21(14-23(22)28-3)16-25-15-19-7-9-20(10-8-19)17-26-13-5-4-6-24(26)27/h4-14,18,25H,15-17H2,1-3H3. The molecule has 1 aromatic heterocycles. The number of ether oxygens (including phenoxy) is 2. The van der Waals surface area contributed by atoms with E-state index in [4.69, 9.17) is 9.47 Å². The molecule has 3 rings (SSSR count). The van der Waals surface area contributed by atoms with E-state index in [1.807, 2.05) is 44.3 Å². The summed E-state index contributed by atoms with van der Waals surface area (Å²) in [7, 11) is 1.66. The highest BCUT2D eigenvalue weighted by Gasteiger charge is 2.07. The summed E-state index contributed by atoms with van der Waals surface area (Å²) in [6.45, 7) is 6.08. The molecule has 0 saturated carbocycles. The number of pyridine rings is 1. The molecule has 5 nitrogen and oxygen atoms in total. The first-order valence-corrected chi connectivity index (χ1v) is 9.82. The molecule has 2 aromatic carbocycles. The quantitative estimate of drug-likeness (QED) is 0.598. The van der Waals surface area contributed by atoms with Crippen LogP contribution < -0.4 is 20.3 Å². The van der Waals surface area contributed by atoms with Crippen molar-refractivity contribution in [2.24, 2.45) is 0 Å². The van der Waals surface area contributed by atoms with Crippen LogP contribution in [0, 0.1) is 0 Å². The van der Waals surface area contributed by atoms with Gasteiger partial charge in [0.15, 0.2) is 11.5 Å². The van der Waals surface area contributed by atoms with E-state index in [9.17, 15) is 4.79 Å². The number of benzene rings is 2. The van der Waals surface area contributed by atoms with Gasteiger partial charge < -0.3 is 19.4 Å². The van der Waals surface area contributed by atoms with Gasteiger partial charge in [-0.05, 0) is 48.7 Å². The monoisotopic (exact) mass is 392 g/mol. The average molecular weight is 392 g/mol. The summed E-state index contributed by atoms with van der Waals surface area (Å²) >= 11 is 0. The number of methoxy groups -OCH3 is 1. The largest absolute Gasteiger partial charge is 0.493 e. The van der Waals surface area contributed by atoms with E-state index >= 15 is 0 Å². The maximum atomic E-state index is 11.8. The van der Waals surface area contributed by atoms with Crippen LogP contribution >= 0.6 is 0 Å². The van der Waals surface area contributed by atoms with Crippen LogP contribution in [0.3, 0.4) is 0 Å². The molecule has 152 valence electrons. The first kappa shape index (κ1) is 20.7. The predicted molar refractivity (Wildman–Crippen MR) is 116 cm³/mol. The van der Waals surface area contributed by atoms with Crippen molar-refractivity contribution in [3.63, 3.8) is 0 Å². The lowest BCUT2D eigenvalue weighted by atomic mass is 10.1. The van der Waals surface area contributed by atoms with Crippen molar-refractivity contribution < 1.29 is 9.47 Å². The van der Waals surface area contributed by atoms with Gasteiger partial charge in [0.1, 0.15) is 0 Å². The highest BCUT2D eigenvalue weighted by Crippen LogP contribution is 2.28. The van der Waals surface area contributed by atoms with E-state index in [1.165, 1.54) is 5.56 Å². The van der Waals surface area contributed by atoms with Crippen molar-refractivity contribution in [3.8, 4) is 11.5 Å². The van der Waals surface area contributed by atoms with E-state index in [1.54, 1.807) is 23.8 Å². The fraction of sp³-hybridized carbons (Fsp3) is 0.292. The molecule has 29 heavy (non-hydrogen) atoms. The second-order valence-corrected chi connectivity index (χ2v) is 7.24. The molecule has 0 aliphatic carbocycles. The molecule has 1 N–H and O–H groups in total. The minimum Gasteiger partial charge on any atom is -0.493 e. The Morgan fingerprint density at radius 1 is 0.897 bits per heavy atom. The van der Waals surface area contributed by atoms with Gasteiger partial charge in [-0.1, -0.05) is 36.4 Å². The summed E-state index contributed by atoms with van der Waals surface area (Å²) in [5, 5.41) is 3.46. The number of hydrogen-bond donors (Lipinski definition) is 1. The van der Waals surface area contributed by atoms with E-state index in [0.717, 1.165) is 35.7 Å². The molecule has 0 fully saturated rings. The highest BCUT2D eigenvalue weighted by molar-refractivity contribution is 5.43. The van der Waals surface area contributed by atoms with Gasteiger partial charge in [0.25, 0.3) is 5.56 Å². The van der Waals surface area contributed by atoms with Gasteiger partial charge in [0, 0.05) is 25.4 Å². The summed E-state index contributed by atoms with van der Waals surface area (Å²) in [5.41, 5.74) is 3.45. The van der Waals surface area contributed by atoms with E-state index in [-0.39, 0.29) is 11.7 Å². The Morgan fingerprint density at radius 3 is 2.28 bits per heavy atom. The second kappa shape index (κ2) is 9.94. The maximum Gasteiger partial charge on any atom is 0.250 e. The van der Waals surface area contributed by atoms with Crippen molar-refractivity contribution in [1.29, 1.82) is 0 Å². The number of aromatic nitrogens is 1. The van der Waals surface area contributed by atoms with Crippen LogP contribution in [-0.2, 0) is 19.6 Å². The second-order valence-electron chi connectivity index (χ2n) is 7.24. The zero-order chi connectivity index (χ0) is 20.6. The molecule has 0 saturated heterocycles. The number of nitrogens with one attached hydrogen (secondary N) is 1. The molecular weight excluding hydrogens is 364 g/mol. The van der Waals surface area contributed by atoms with Gasteiger partial charge in [0.2, 0.25) is 0 Å². The number of nitrogens with zero attached hydrogens (tertiary/aromatic N) is 1. The lowest BCUT2D eigenvalue weighted by Gasteiger charge is -2.15. The molecule has 0 amide bonds. The van der Waals surface area contributed by atoms with Crippen LogP contribution in [0.25, 0.3) is 0 Å². The van der Waals surface area contributed by atoms with Crippen LogP contribution in [0.2, 0.25) is 0 Å². The minimum absolute atomic E-state index is 0.0125. The zero-order valence-electron chi connectivity index (χ0n) is 17.2. The molecule has 3 aromatic rings. The molecule has 0 spiro atoms. The summed E-state index contributed by atoms with van der Waals surface area (Å²) in [4.78, 5) is 11.8. The third-order valence-electron chi connectivity index (χ3n) is 4.52. The zero-order valence-corrected chi connectivity index (χ0v) is 17.2. The Bertz CT molecular complexity index is 978. The van der Waals surface area contributed by atoms with Gasteiger partial charge in [0.05, 0.1) is 19.8 Å². The van der Waals surface area contributed by atoms with Crippen molar-refractivity contribution >= 4 is 0 Å². The average Bonchev–Trinajstić information content (AvgIpc) is 2.71. The maximum absolute atomic E-state index is 11.8. The first-order valence-electron chi connectivity index (χ1n) is 9.82. The summed E-state index contributed by atoms with van der Waals surface area (Å²) < 4.78 is 12.9. The normalized spacial score (nSPS) is 10.9. The third kappa shape index (κ3) is 5.96. The molecule has 0 radical (unpaired) electrons. The SMILES string of the molecule is COc1cc(CNCc2ccc(Cn3ccccc3=O)cc2)ccc1OC(C)C. The Kier molecular flexibility index (Phi) is 7.09. The molecule has 5 heteroatoms. The third-order valence-corrected chi connectivity index (χ3v) is 4.52. The highest BCUT2D eigenvalue weighted by atomic mass is 16.5. The van der Waals surface area contributed by atoms with Gasteiger partial charge in [-0.25, -0.2) is 0 Å². The van der Waals surface area contributed by atoms with Gasteiger partial charge in [-0.2, -0.15) is 0 Å². The summed E-state index contributed by atoms with van der Waals surface area (Å²) in [6.07, 6.45) is 1.92. The Balaban J connectivity index is 1.54. The number of hydrogen-bond acceptors (Lipinski definition) is 4. The predicted octanol–water partition coefficient (Wildman–Crippen LogP) is 3.98. The summed E-state index contributed by atoms with van der Waals surface area (Å²) in [5.74, 6) is 1.51. The van der Waals surface area contributed by atoms with Crippen molar-refractivity contribution in [2.45, 2.75) is 39.6 Å². The van der Waals surface area contributed by atoms with Gasteiger partial charge in [-0.3, -0.25) is 4.79 Å². The lowest BCUT2D eigenvalue weighted by molar-refractivity contribution is 0.230. The molecule has 0 bridgehead atoms. The first-order chi connectivity index (χ1) is 14.0. The van der Waals surface area contributed by atoms with E-state index in [0.29, 0.717) is 6.54 Å². The van der Waals surface area contributed by atoms with Crippen molar-refractivity contribution in [3.05, 3.63) is 93.9 Å². The summed E-state index contributed by atoms with van der Waals surface area (Å²) in [6, 6.07) is 19.5. The Labute approximate surface area is 171 Å². The Morgan fingerprint density at radius 2 is 1.59 bits per heavy atom. The smallest absolute Gasteiger partial charge is 0.250 e. The molecule has 0 atom stereocenters. The lowest BCUT2D eigenvalue weighted by Crippen LogP contribution is -2.18. The van der Waals surface area contributed by atoms with E-state index in [2.05, 4.69) is 29.6 Å². The van der Waals surface area contributed by atoms with Gasteiger partial charge >= 0.3 is 0 Å². The van der Waals surface area contributed by atoms with Gasteiger partial charge in [-0.15, -0.1) is 0 Å². The molecule has 0 aliphatic heterocycles. The topological polar surface area (TPSA) is 52.5 Å². The Hall–Kier alpha value is -3.05. The van der Waals surface area contributed by atoms with Crippen LogP contribution in [0.1, 0.15) is 30.5 Å². The molecule has 0 aliphatic rings. The van der Waals surface area contributed by atoms with E-state index < -0.39 is 0 Å². The molecule has 1 heterocycles. The molecule has 0 unspecified atom stereocenters. The van der Waals surface area contributed by atoms with Crippen molar-refractivity contribution in [1.82, 2.24) is 9.88 Å². The van der Waals surface area contributed by atoms with Crippen LogP contribution in [0.4, 0.5) is 0 Å².